The van der Waals surface area contributed by atoms with Crippen molar-refractivity contribution >= 4 is 5.65 Å². The molecule has 0 spiro atoms. The second kappa shape index (κ2) is 2.61. The molecule has 70 valence electrons. The standard InChI is InChI=1S/C10H10N4/c11-6-9-5-10-13(7-8-1-2-8)3-4-14(10)12-9/h3-5,8H,1-2,7H2. The fourth-order valence-corrected chi connectivity index (χ4v) is 1.72. The van der Waals surface area contributed by atoms with Gasteiger partial charge in [-0.15, -0.1) is 0 Å². The third kappa shape index (κ3) is 1.10. The summed E-state index contributed by atoms with van der Waals surface area (Å²) in [5.74, 6) is 0.839. The number of hydrogen-bond acceptors (Lipinski definition) is 2. The molecular formula is C10H10N4. The SMILES string of the molecule is N#Cc1cc2n(CC3CC3)ccn2n1. The van der Waals surface area contributed by atoms with Gasteiger partial charge in [0.25, 0.3) is 0 Å². The van der Waals surface area contributed by atoms with E-state index in [-0.39, 0.29) is 0 Å². The minimum atomic E-state index is 0.491. The molecule has 0 unspecified atom stereocenters. The Morgan fingerprint density at radius 3 is 3.07 bits per heavy atom. The molecule has 1 saturated carbocycles. The van der Waals surface area contributed by atoms with Crippen LogP contribution in [-0.4, -0.2) is 14.2 Å². The lowest BCUT2D eigenvalue weighted by Crippen LogP contribution is -1.97. The van der Waals surface area contributed by atoms with Gasteiger partial charge in [-0.3, -0.25) is 0 Å². The van der Waals surface area contributed by atoms with Crippen molar-refractivity contribution in [1.29, 1.82) is 5.26 Å². The number of aromatic nitrogens is 3. The van der Waals surface area contributed by atoms with E-state index in [1.165, 1.54) is 12.8 Å². The summed E-state index contributed by atoms with van der Waals surface area (Å²) in [6.07, 6.45) is 6.60. The molecule has 0 radical (unpaired) electrons. The van der Waals surface area contributed by atoms with Crippen LogP contribution in [0, 0.1) is 17.2 Å². The zero-order valence-corrected chi connectivity index (χ0v) is 7.72. The average molecular weight is 186 g/mol. The lowest BCUT2D eigenvalue weighted by Gasteiger charge is -1.99. The van der Waals surface area contributed by atoms with Crippen LogP contribution in [0.1, 0.15) is 18.5 Å². The van der Waals surface area contributed by atoms with E-state index < -0.39 is 0 Å². The van der Waals surface area contributed by atoms with E-state index in [4.69, 9.17) is 5.26 Å². The quantitative estimate of drug-likeness (QED) is 0.712. The fraction of sp³-hybridized carbons (Fsp3) is 0.400. The largest absolute Gasteiger partial charge is 0.331 e. The van der Waals surface area contributed by atoms with E-state index in [0.717, 1.165) is 18.1 Å². The molecule has 1 aliphatic rings. The topological polar surface area (TPSA) is 46.0 Å². The van der Waals surface area contributed by atoms with E-state index in [0.29, 0.717) is 5.69 Å². The first-order valence-corrected chi connectivity index (χ1v) is 4.81. The summed E-state index contributed by atoms with van der Waals surface area (Å²) in [5, 5.41) is 12.8. The van der Waals surface area contributed by atoms with Gasteiger partial charge in [0.2, 0.25) is 0 Å². The Hall–Kier alpha value is -1.76. The molecule has 14 heavy (non-hydrogen) atoms. The Balaban J connectivity index is 2.05. The third-order valence-corrected chi connectivity index (χ3v) is 2.66. The molecule has 1 aliphatic carbocycles. The Labute approximate surface area is 81.4 Å². The van der Waals surface area contributed by atoms with Gasteiger partial charge >= 0.3 is 0 Å². The molecule has 0 atom stereocenters. The molecule has 0 amide bonds. The molecule has 2 heterocycles. The van der Waals surface area contributed by atoms with Crippen molar-refractivity contribution in [3.63, 3.8) is 0 Å². The Morgan fingerprint density at radius 2 is 2.36 bits per heavy atom. The maximum atomic E-state index is 8.71. The Bertz CT molecular complexity index is 510. The Kier molecular flexibility index (Phi) is 1.42. The van der Waals surface area contributed by atoms with Crippen molar-refractivity contribution in [2.24, 2.45) is 5.92 Å². The molecule has 2 aromatic rings. The van der Waals surface area contributed by atoms with Crippen LogP contribution >= 0.6 is 0 Å². The minimum absolute atomic E-state index is 0.491. The second-order valence-electron chi connectivity index (χ2n) is 3.84. The van der Waals surface area contributed by atoms with Gasteiger partial charge in [-0.25, -0.2) is 4.52 Å². The van der Waals surface area contributed by atoms with Crippen LogP contribution < -0.4 is 0 Å². The summed E-state index contributed by atoms with van der Waals surface area (Å²) in [5.41, 5.74) is 1.51. The van der Waals surface area contributed by atoms with Crippen LogP contribution in [0.3, 0.4) is 0 Å². The monoisotopic (exact) mass is 186 g/mol. The van der Waals surface area contributed by atoms with Gasteiger partial charge in [0.1, 0.15) is 11.7 Å². The van der Waals surface area contributed by atoms with Crippen LogP contribution in [0.4, 0.5) is 0 Å². The van der Waals surface area contributed by atoms with Gasteiger partial charge in [0.15, 0.2) is 5.69 Å². The van der Waals surface area contributed by atoms with Gasteiger partial charge in [0.05, 0.1) is 0 Å². The lowest BCUT2D eigenvalue weighted by atomic mass is 10.4. The van der Waals surface area contributed by atoms with Gasteiger partial charge in [-0.05, 0) is 18.8 Å². The zero-order valence-electron chi connectivity index (χ0n) is 7.72. The maximum absolute atomic E-state index is 8.71. The van der Waals surface area contributed by atoms with Crippen molar-refractivity contribution in [3.05, 3.63) is 24.2 Å². The molecule has 0 aromatic carbocycles. The first-order chi connectivity index (χ1) is 6.86. The molecular weight excluding hydrogens is 176 g/mol. The molecule has 4 nitrogen and oxygen atoms in total. The summed E-state index contributed by atoms with van der Waals surface area (Å²) >= 11 is 0. The molecule has 0 N–H and O–H groups in total. The fourth-order valence-electron chi connectivity index (χ4n) is 1.72. The number of rotatable bonds is 2. The summed E-state index contributed by atoms with van der Waals surface area (Å²) in [4.78, 5) is 0. The van der Waals surface area contributed by atoms with Crippen molar-refractivity contribution in [3.8, 4) is 6.07 Å². The lowest BCUT2D eigenvalue weighted by molar-refractivity contribution is 0.644. The minimum Gasteiger partial charge on any atom is -0.331 e. The van der Waals surface area contributed by atoms with Gasteiger partial charge < -0.3 is 4.57 Å². The van der Waals surface area contributed by atoms with Crippen LogP contribution in [0.25, 0.3) is 5.65 Å². The van der Waals surface area contributed by atoms with Gasteiger partial charge in [0, 0.05) is 25.0 Å². The summed E-state index contributed by atoms with van der Waals surface area (Å²) in [7, 11) is 0. The summed E-state index contributed by atoms with van der Waals surface area (Å²) < 4.78 is 3.94. The summed E-state index contributed by atoms with van der Waals surface area (Å²) in [6.45, 7) is 1.06. The third-order valence-electron chi connectivity index (χ3n) is 2.66. The van der Waals surface area contributed by atoms with Crippen LogP contribution in [0.2, 0.25) is 0 Å². The predicted octanol–water partition coefficient (Wildman–Crippen LogP) is 1.42. The van der Waals surface area contributed by atoms with Crippen LogP contribution in [0.5, 0.6) is 0 Å². The molecule has 3 rings (SSSR count). The highest BCUT2D eigenvalue weighted by Crippen LogP contribution is 2.31. The highest BCUT2D eigenvalue weighted by atomic mass is 15.3. The smallest absolute Gasteiger partial charge is 0.165 e. The highest BCUT2D eigenvalue weighted by molar-refractivity contribution is 5.44. The van der Waals surface area contributed by atoms with Crippen LogP contribution in [-0.2, 0) is 6.54 Å². The van der Waals surface area contributed by atoms with Crippen LogP contribution in [0.15, 0.2) is 18.5 Å². The second-order valence-corrected chi connectivity index (χ2v) is 3.84. The molecule has 0 aliphatic heterocycles. The highest BCUT2D eigenvalue weighted by Gasteiger charge is 2.22. The first kappa shape index (κ1) is 7.63. The molecule has 2 aromatic heterocycles. The Morgan fingerprint density at radius 1 is 1.50 bits per heavy atom. The summed E-state index contributed by atoms with van der Waals surface area (Å²) in [6, 6.07) is 3.89. The van der Waals surface area contributed by atoms with Crippen molar-refractivity contribution in [2.75, 3.05) is 0 Å². The van der Waals surface area contributed by atoms with E-state index in [1.54, 1.807) is 4.52 Å². The van der Waals surface area contributed by atoms with E-state index in [9.17, 15) is 0 Å². The van der Waals surface area contributed by atoms with Gasteiger partial charge in [-0.1, -0.05) is 0 Å². The number of imidazole rings is 1. The number of fused-ring (bicyclic) bond motifs is 1. The van der Waals surface area contributed by atoms with Crippen molar-refractivity contribution < 1.29 is 0 Å². The number of hydrogen-bond donors (Lipinski definition) is 0. The molecule has 4 heteroatoms. The van der Waals surface area contributed by atoms with E-state index in [1.807, 2.05) is 18.5 Å². The van der Waals surface area contributed by atoms with Gasteiger partial charge in [-0.2, -0.15) is 10.4 Å². The first-order valence-electron chi connectivity index (χ1n) is 4.81. The number of nitriles is 1. The van der Waals surface area contributed by atoms with E-state index >= 15 is 0 Å². The number of nitrogens with zero attached hydrogens (tertiary/aromatic N) is 4. The van der Waals surface area contributed by atoms with Crippen molar-refractivity contribution in [1.82, 2.24) is 14.2 Å². The average Bonchev–Trinajstić information content (AvgIpc) is 2.77. The molecule has 1 fully saturated rings. The molecule has 0 saturated heterocycles. The maximum Gasteiger partial charge on any atom is 0.165 e. The predicted molar refractivity (Wildman–Crippen MR) is 50.6 cm³/mol. The zero-order chi connectivity index (χ0) is 9.54. The normalized spacial score (nSPS) is 15.9. The van der Waals surface area contributed by atoms with E-state index in [2.05, 4.69) is 15.7 Å². The van der Waals surface area contributed by atoms with Crippen molar-refractivity contribution in [2.45, 2.75) is 19.4 Å². The molecule has 0 bridgehead atoms.